The summed E-state index contributed by atoms with van der Waals surface area (Å²) in [5, 5.41) is 14.2. The molecule has 0 spiro atoms. The van der Waals surface area contributed by atoms with Gasteiger partial charge in [0, 0.05) is 23.3 Å². The first kappa shape index (κ1) is 18.2. The minimum Gasteiger partial charge on any atom is -0.507 e. The normalized spacial score (nSPS) is 10.7. The van der Waals surface area contributed by atoms with Gasteiger partial charge in [-0.2, -0.15) is 10.1 Å². The summed E-state index contributed by atoms with van der Waals surface area (Å²) < 4.78 is 10.6. The molecule has 0 saturated carbocycles. The van der Waals surface area contributed by atoms with Crippen molar-refractivity contribution >= 4 is 12.0 Å². The first-order valence-electron chi connectivity index (χ1n) is 8.43. The molecule has 27 heavy (non-hydrogen) atoms. The summed E-state index contributed by atoms with van der Waals surface area (Å²) in [4.78, 5) is 8.80. The van der Waals surface area contributed by atoms with Gasteiger partial charge in [0.15, 0.2) is 11.6 Å². The molecule has 7 heteroatoms. The van der Waals surface area contributed by atoms with Gasteiger partial charge in [0.25, 0.3) is 0 Å². The molecular formula is C20H20N4O3. The van der Waals surface area contributed by atoms with Crippen LogP contribution in [0.4, 0.5) is 5.82 Å². The summed E-state index contributed by atoms with van der Waals surface area (Å²) >= 11 is 0. The zero-order chi connectivity index (χ0) is 19.1. The third-order valence-corrected chi connectivity index (χ3v) is 3.64. The molecule has 3 rings (SSSR count). The Morgan fingerprint density at radius 2 is 1.93 bits per heavy atom. The number of hydrogen-bond acceptors (Lipinski definition) is 7. The maximum absolute atomic E-state index is 10.0. The third kappa shape index (κ3) is 4.72. The predicted molar refractivity (Wildman–Crippen MR) is 105 cm³/mol. The van der Waals surface area contributed by atoms with E-state index in [2.05, 4.69) is 20.5 Å². The number of benzene rings is 2. The molecule has 1 heterocycles. The lowest BCUT2D eigenvalue weighted by molar-refractivity contribution is 0.337. The monoisotopic (exact) mass is 364 g/mol. The molecule has 0 aliphatic rings. The van der Waals surface area contributed by atoms with Gasteiger partial charge in [-0.05, 0) is 19.1 Å². The van der Waals surface area contributed by atoms with Gasteiger partial charge in [-0.25, -0.2) is 4.98 Å². The molecule has 0 bridgehead atoms. The van der Waals surface area contributed by atoms with E-state index in [4.69, 9.17) is 9.47 Å². The number of phenolic OH excluding ortho intramolecular Hbond substituents is 1. The second-order valence-corrected chi connectivity index (χ2v) is 5.51. The highest BCUT2D eigenvalue weighted by atomic mass is 16.5. The second kappa shape index (κ2) is 8.66. The molecule has 0 unspecified atom stereocenters. The molecule has 0 atom stereocenters. The smallest absolute Gasteiger partial charge is 0.218 e. The van der Waals surface area contributed by atoms with Crippen LogP contribution in [0.15, 0.2) is 59.7 Å². The number of aromatic nitrogens is 2. The quantitative estimate of drug-likeness (QED) is 0.491. The van der Waals surface area contributed by atoms with Gasteiger partial charge >= 0.3 is 0 Å². The second-order valence-electron chi connectivity index (χ2n) is 5.51. The van der Waals surface area contributed by atoms with E-state index in [0.717, 1.165) is 5.56 Å². The highest BCUT2D eigenvalue weighted by molar-refractivity contribution is 5.84. The van der Waals surface area contributed by atoms with Crippen molar-refractivity contribution in [2.75, 3.05) is 19.1 Å². The Morgan fingerprint density at radius 1 is 1.11 bits per heavy atom. The maximum atomic E-state index is 10.0. The number of nitrogens with zero attached hydrogens (tertiary/aromatic N) is 3. The van der Waals surface area contributed by atoms with Gasteiger partial charge in [-0.3, -0.25) is 5.43 Å². The molecular weight excluding hydrogens is 344 g/mol. The van der Waals surface area contributed by atoms with E-state index in [-0.39, 0.29) is 5.75 Å². The van der Waals surface area contributed by atoms with E-state index in [0.29, 0.717) is 35.4 Å². The van der Waals surface area contributed by atoms with Crippen molar-refractivity contribution in [3.05, 3.63) is 60.2 Å². The summed E-state index contributed by atoms with van der Waals surface area (Å²) in [6, 6.07) is 16.3. The Morgan fingerprint density at radius 3 is 2.63 bits per heavy atom. The van der Waals surface area contributed by atoms with Crippen LogP contribution in [0.1, 0.15) is 12.5 Å². The van der Waals surface area contributed by atoms with Crippen LogP contribution in [0.3, 0.4) is 0 Å². The number of methoxy groups -OCH3 is 1. The first-order chi connectivity index (χ1) is 13.2. The molecule has 0 radical (unpaired) electrons. The fourth-order valence-electron chi connectivity index (χ4n) is 2.36. The van der Waals surface area contributed by atoms with Crippen LogP contribution in [0.25, 0.3) is 11.4 Å². The number of hydrogen-bond donors (Lipinski definition) is 2. The van der Waals surface area contributed by atoms with Gasteiger partial charge in [0.05, 0.1) is 19.9 Å². The van der Waals surface area contributed by atoms with Crippen LogP contribution in [-0.4, -0.2) is 35.0 Å². The minimum atomic E-state index is 0.0803. The van der Waals surface area contributed by atoms with Crippen LogP contribution in [-0.2, 0) is 0 Å². The van der Waals surface area contributed by atoms with Crippen LogP contribution in [0.2, 0.25) is 0 Å². The van der Waals surface area contributed by atoms with E-state index in [9.17, 15) is 5.11 Å². The number of phenols is 1. The van der Waals surface area contributed by atoms with Gasteiger partial charge < -0.3 is 14.6 Å². The van der Waals surface area contributed by atoms with Crippen LogP contribution in [0, 0.1) is 0 Å². The Labute approximate surface area is 157 Å². The SMILES string of the molecule is CCOc1ccc(C=NNc2cc(OC)nc(-c3ccccc3)n2)c(O)c1. The Bertz CT molecular complexity index is 930. The average Bonchev–Trinajstić information content (AvgIpc) is 2.70. The van der Waals surface area contributed by atoms with Crippen molar-refractivity contribution in [1.82, 2.24) is 9.97 Å². The Hall–Kier alpha value is -3.61. The zero-order valence-corrected chi connectivity index (χ0v) is 15.1. The maximum Gasteiger partial charge on any atom is 0.218 e. The molecule has 7 nitrogen and oxygen atoms in total. The number of nitrogens with one attached hydrogen (secondary N) is 1. The van der Waals surface area contributed by atoms with Crippen molar-refractivity contribution in [1.29, 1.82) is 0 Å². The summed E-state index contributed by atoms with van der Waals surface area (Å²) in [7, 11) is 1.54. The van der Waals surface area contributed by atoms with Crippen LogP contribution >= 0.6 is 0 Å². The molecule has 0 aliphatic heterocycles. The summed E-state index contributed by atoms with van der Waals surface area (Å²) in [5.41, 5.74) is 4.26. The van der Waals surface area contributed by atoms with E-state index in [1.165, 1.54) is 6.21 Å². The Kier molecular flexibility index (Phi) is 5.84. The lowest BCUT2D eigenvalue weighted by Crippen LogP contribution is -2.00. The van der Waals surface area contributed by atoms with Crippen molar-refractivity contribution in [3.8, 4) is 28.8 Å². The highest BCUT2D eigenvalue weighted by Gasteiger charge is 2.07. The molecule has 0 aliphatic carbocycles. The van der Waals surface area contributed by atoms with E-state index >= 15 is 0 Å². The van der Waals surface area contributed by atoms with Crippen molar-refractivity contribution in [2.45, 2.75) is 6.92 Å². The minimum absolute atomic E-state index is 0.0803. The summed E-state index contributed by atoms with van der Waals surface area (Å²) in [6.07, 6.45) is 1.50. The molecule has 0 amide bonds. The summed E-state index contributed by atoms with van der Waals surface area (Å²) in [6.45, 7) is 2.42. The van der Waals surface area contributed by atoms with Gasteiger partial charge in [0.2, 0.25) is 5.88 Å². The fraction of sp³-hybridized carbons (Fsp3) is 0.150. The van der Waals surface area contributed by atoms with Gasteiger partial charge in [-0.1, -0.05) is 30.3 Å². The molecule has 0 fully saturated rings. The summed E-state index contributed by atoms with van der Waals surface area (Å²) in [5.74, 6) is 2.11. The van der Waals surface area contributed by atoms with Gasteiger partial charge in [0.1, 0.15) is 11.5 Å². The molecule has 2 N–H and O–H groups in total. The third-order valence-electron chi connectivity index (χ3n) is 3.64. The van der Waals surface area contributed by atoms with Gasteiger partial charge in [-0.15, -0.1) is 0 Å². The van der Waals surface area contributed by atoms with E-state index in [1.54, 1.807) is 31.4 Å². The lowest BCUT2D eigenvalue weighted by Gasteiger charge is -2.07. The first-order valence-corrected chi connectivity index (χ1v) is 8.43. The van der Waals surface area contributed by atoms with Crippen LogP contribution in [0.5, 0.6) is 17.4 Å². The molecule has 2 aromatic carbocycles. The largest absolute Gasteiger partial charge is 0.507 e. The number of anilines is 1. The number of aromatic hydroxyl groups is 1. The Balaban J connectivity index is 1.78. The highest BCUT2D eigenvalue weighted by Crippen LogP contribution is 2.23. The fourth-order valence-corrected chi connectivity index (χ4v) is 2.36. The number of ether oxygens (including phenoxy) is 2. The van der Waals surface area contributed by atoms with Crippen molar-refractivity contribution in [2.24, 2.45) is 5.10 Å². The topological polar surface area (TPSA) is 88.9 Å². The molecule has 138 valence electrons. The molecule has 3 aromatic rings. The zero-order valence-electron chi connectivity index (χ0n) is 15.1. The van der Waals surface area contributed by atoms with Crippen molar-refractivity contribution in [3.63, 3.8) is 0 Å². The number of rotatable bonds is 7. The van der Waals surface area contributed by atoms with E-state index in [1.807, 2.05) is 37.3 Å². The molecule has 1 aromatic heterocycles. The van der Waals surface area contributed by atoms with Crippen LogP contribution < -0.4 is 14.9 Å². The standard InChI is InChI=1S/C20H20N4O3/c1-3-27-16-10-9-15(17(25)11-16)13-21-24-18-12-19(26-2)23-20(22-18)14-7-5-4-6-8-14/h4-13,25H,3H2,1-2H3,(H,22,23,24). The molecule has 0 saturated heterocycles. The lowest BCUT2D eigenvalue weighted by atomic mass is 10.2. The number of hydrazone groups is 1. The predicted octanol–water partition coefficient (Wildman–Crippen LogP) is 3.70. The van der Waals surface area contributed by atoms with E-state index < -0.39 is 0 Å². The average molecular weight is 364 g/mol. The van der Waals surface area contributed by atoms with Crippen molar-refractivity contribution < 1.29 is 14.6 Å².